The van der Waals surface area contributed by atoms with E-state index in [-0.39, 0.29) is 29.5 Å². The average molecular weight is 350 g/mol. The molecule has 4 fully saturated rings. The van der Waals surface area contributed by atoms with Crippen molar-refractivity contribution in [2.45, 2.75) is 50.3 Å². The number of carbonyl (C=O) groups excluding carboxylic acids is 2. The third-order valence-corrected chi connectivity index (χ3v) is 6.23. The first-order valence-electron chi connectivity index (χ1n) is 9.64. The van der Waals surface area contributed by atoms with Crippen LogP contribution in [0.2, 0.25) is 0 Å². The van der Waals surface area contributed by atoms with Crippen LogP contribution >= 0.6 is 0 Å². The second-order valence-electron chi connectivity index (χ2n) is 8.54. The molecule has 1 saturated carbocycles. The summed E-state index contributed by atoms with van der Waals surface area (Å²) in [5.41, 5.74) is 0.0267. The molecule has 3 aliphatic heterocycles. The first-order chi connectivity index (χ1) is 11.9. The van der Waals surface area contributed by atoms with E-state index in [0.717, 1.165) is 38.5 Å². The number of nitrogens with one attached hydrogen (secondary N) is 1. The largest absolute Gasteiger partial charge is 0.392 e. The van der Waals surface area contributed by atoms with Gasteiger partial charge in [-0.1, -0.05) is 0 Å². The lowest BCUT2D eigenvalue weighted by Gasteiger charge is -2.61. The maximum absolute atomic E-state index is 12.6. The van der Waals surface area contributed by atoms with Crippen molar-refractivity contribution in [1.29, 1.82) is 0 Å². The lowest BCUT2D eigenvalue weighted by Crippen LogP contribution is -2.78. The van der Waals surface area contributed by atoms with E-state index in [4.69, 9.17) is 0 Å². The highest BCUT2D eigenvalue weighted by molar-refractivity contribution is 5.78. The molecule has 1 aliphatic carbocycles. The Labute approximate surface area is 149 Å². The SMILES string of the molecule is CC(=O)NCCC(=O)N1C[C@H]2C[C@@H](O)CN2C2(CN(CC3CC3)C2)C1. The minimum atomic E-state index is -0.270. The monoisotopic (exact) mass is 350 g/mol. The molecule has 25 heavy (non-hydrogen) atoms. The zero-order valence-electron chi connectivity index (χ0n) is 15.1. The lowest BCUT2D eigenvalue weighted by atomic mass is 9.83. The predicted molar refractivity (Wildman–Crippen MR) is 92.9 cm³/mol. The van der Waals surface area contributed by atoms with Gasteiger partial charge in [0.25, 0.3) is 0 Å². The Morgan fingerprint density at radius 2 is 1.96 bits per heavy atom. The molecule has 0 unspecified atom stereocenters. The van der Waals surface area contributed by atoms with Crippen LogP contribution in [0, 0.1) is 5.92 Å². The fourth-order valence-corrected chi connectivity index (χ4v) is 4.97. The summed E-state index contributed by atoms with van der Waals surface area (Å²) >= 11 is 0. The van der Waals surface area contributed by atoms with E-state index in [2.05, 4.69) is 15.1 Å². The number of likely N-dealkylation sites (tertiary alicyclic amines) is 1. The van der Waals surface area contributed by atoms with E-state index in [1.54, 1.807) is 0 Å². The number of fused-ring (bicyclic) bond motifs is 2. The summed E-state index contributed by atoms with van der Waals surface area (Å²) in [6.07, 6.45) is 3.58. The number of amides is 2. The van der Waals surface area contributed by atoms with Crippen LogP contribution in [0.4, 0.5) is 0 Å². The summed E-state index contributed by atoms with van der Waals surface area (Å²) < 4.78 is 0. The Kier molecular flexibility index (Phi) is 4.50. The third-order valence-electron chi connectivity index (χ3n) is 6.23. The molecule has 0 radical (unpaired) electrons. The molecule has 0 bridgehead atoms. The minimum Gasteiger partial charge on any atom is -0.392 e. The highest BCUT2D eigenvalue weighted by Gasteiger charge is 2.56. The highest BCUT2D eigenvalue weighted by Crippen LogP contribution is 2.41. The molecule has 1 spiro atoms. The number of aliphatic hydroxyl groups is 1. The van der Waals surface area contributed by atoms with Gasteiger partial charge in [0.05, 0.1) is 11.6 Å². The van der Waals surface area contributed by atoms with Gasteiger partial charge < -0.3 is 15.3 Å². The van der Waals surface area contributed by atoms with Crippen molar-refractivity contribution in [3.05, 3.63) is 0 Å². The zero-order chi connectivity index (χ0) is 17.6. The van der Waals surface area contributed by atoms with Crippen LogP contribution in [-0.2, 0) is 9.59 Å². The van der Waals surface area contributed by atoms with Gasteiger partial charge in [0, 0.05) is 65.2 Å². The Balaban J connectivity index is 1.39. The number of nitrogens with zero attached hydrogens (tertiary/aromatic N) is 3. The minimum absolute atomic E-state index is 0.0267. The van der Waals surface area contributed by atoms with Gasteiger partial charge in [-0.15, -0.1) is 0 Å². The van der Waals surface area contributed by atoms with Crippen molar-refractivity contribution >= 4 is 11.8 Å². The van der Waals surface area contributed by atoms with Gasteiger partial charge in [0.15, 0.2) is 0 Å². The average Bonchev–Trinajstić information content (AvgIpc) is 3.24. The Morgan fingerprint density at radius 3 is 2.64 bits per heavy atom. The van der Waals surface area contributed by atoms with Gasteiger partial charge in [0.2, 0.25) is 11.8 Å². The highest BCUT2D eigenvalue weighted by atomic mass is 16.3. The molecule has 2 N–H and O–H groups in total. The fourth-order valence-electron chi connectivity index (χ4n) is 4.97. The van der Waals surface area contributed by atoms with Gasteiger partial charge in [0.1, 0.15) is 0 Å². The molecule has 140 valence electrons. The van der Waals surface area contributed by atoms with E-state index in [9.17, 15) is 14.7 Å². The summed E-state index contributed by atoms with van der Waals surface area (Å²) in [6.45, 7) is 7.32. The van der Waals surface area contributed by atoms with Crippen molar-refractivity contribution in [2.75, 3.05) is 45.8 Å². The summed E-state index contributed by atoms with van der Waals surface area (Å²) in [7, 11) is 0. The summed E-state index contributed by atoms with van der Waals surface area (Å²) in [6, 6.07) is 0.275. The molecular formula is C18H30N4O3. The molecular weight excluding hydrogens is 320 g/mol. The smallest absolute Gasteiger partial charge is 0.224 e. The van der Waals surface area contributed by atoms with E-state index in [0.29, 0.717) is 19.5 Å². The molecule has 7 heteroatoms. The number of hydrogen-bond acceptors (Lipinski definition) is 5. The van der Waals surface area contributed by atoms with Crippen LogP contribution < -0.4 is 5.32 Å². The van der Waals surface area contributed by atoms with E-state index < -0.39 is 0 Å². The maximum Gasteiger partial charge on any atom is 0.224 e. The lowest BCUT2D eigenvalue weighted by molar-refractivity contribution is -0.150. The molecule has 2 atom stereocenters. The number of β-amino-alcohol motifs (C(OH)–C–C–N with tert-alkyl or cyclic N) is 1. The van der Waals surface area contributed by atoms with Crippen LogP contribution in [0.25, 0.3) is 0 Å². The van der Waals surface area contributed by atoms with Crippen molar-refractivity contribution in [3.8, 4) is 0 Å². The number of aliphatic hydroxyl groups excluding tert-OH is 1. The van der Waals surface area contributed by atoms with Crippen LogP contribution in [-0.4, -0.2) is 95.1 Å². The Morgan fingerprint density at radius 1 is 1.20 bits per heavy atom. The molecule has 3 heterocycles. The van der Waals surface area contributed by atoms with Crippen molar-refractivity contribution in [1.82, 2.24) is 20.0 Å². The quantitative estimate of drug-likeness (QED) is 0.683. The fraction of sp³-hybridized carbons (Fsp3) is 0.889. The maximum atomic E-state index is 12.6. The van der Waals surface area contributed by atoms with Gasteiger partial charge in [-0.2, -0.15) is 0 Å². The standard InChI is InChI=1S/C18H30N4O3/c1-13(23)19-5-4-17(25)21-8-15-6-16(24)9-22(15)18(12-21)10-20(11-18)7-14-2-3-14/h14-16,24H,2-12H2,1H3,(H,19,23)/t15-,16-/m1/s1. The van der Waals surface area contributed by atoms with Gasteiger partial charge >= 0.3 is 0 Å². The topological polar surface area (TPSA) is 76.1 Å². The number of piperazine rings is 1. The number of carbonyl (C=O) groups is 2. The third kappa shape index (κ3) is 3.55. The zero-order valence-corrected chi connectivity index (χ0v) is 15.1. The van der Waals surface area contributed by atoms with Crippen molar-refractivity contribution in [3.63, 3.8) is 0 Å². The van der Waals surface area contributed by atoms with Crippen LogP contribution in [0.5, 0.6) is 0 Å². The molecule has 4 aliphatic rings. The number of hydrogen-bond donors (Lipinski definition) is 2. The van der Waals surface area contributed by atoms with Crippen LogP contribution in [0.3, 0.4) is 0 Å². The molecule has 0 aromatic carbocycles. The van der Waals surface area contributed by atoms with Gasteiger partial charge in [-0.05, 0) is 25.2 Å². The van der Waals surface area contributed by atoms with Crippen LogP contribution in [0.15, 0.2) is 0 Å². The van der Waals surface area contributed by atoms with Gasteiger partial charge in [-0.3, -0.25) is 19.4 Å². The number of rotatable bonds is 5. The summed E-state index contributed by atoms with van der Waals surface area (Å²) in [4.78, 5) is 30.6. The second-order valence-corrected chi connectivity index (χ2v) is 8.54. The molecule has 4 rings (SSSR count). The molecule has 7 nitrogen and oxygen atoms in total. The van der Waals surface area contributed by atoms with Crippen molar-refractivity contribution in [2.24, 2.45) is 5.92 Å². The van der Waals surface area contributed by atoms with Crippen LogP contribution in [0.1, 0.15) is 32.6 Å². The van der Waals surface area contributed by atoms with E-state index >= 15 is 0 Å². The Bertz CT molecular complexity index is 544. The van der Waals surface area contributed by atoms with E-state index in [1.807, 2.05) is 4.90 Å². The Hall–Kier alpha value is -1.18. The molecule has 2 amide bonds. The molecule has 0 aromatic rings. The predicted octanol–water partition coefficient (Wildman–Crippen LogP) is -0.746. The first kappa shape index (κ1) is 17.2. The summed E-state index contributed by atoms with van der Waals surface area (Å²) in [5.74, 6) is 0.911. The molecule has 3 saturated heterocycles. The second kappa shape index (κ2) is 6.52. The first-order valence-corrected chi connectivity index (χ1v) is 9.64. The molecule has 0 aromatic heterocycles. The van der Waals surface area contributed by atoms with Gasteiger partial charge in [-0.25, -0.2) is 0 Å². The summed E-state index contributed by atoms with van der Waals surface area (Å²) in [5, 5.41) is 12.9. The van der Waals surface area contributed by atoms with E-state index in [1.165, 1.54) is 26.3 Å². The normalized spacial score (nSPS) is 31.7. The van der Waals surface area contributed by atoms with Crippen molar-refractivity contribution < 1.29 is 14.7 Å².